The third-order valence-corrected chi connectivity index (χ3v) is 6.79. The molecular formula is C23H24N4O2S2. The molecule has 4 aromatic rings. The van der Waals surface area contributed by atoms with Crippen molar-refractivity contribution in [3.05, 3.63) is 59.8 Å². The minimum Gasteiger partial charge on any atom is -0.497 e. The van der Waals surface area contributed by atoms with Crippen molar-refractivity contribution >= 4 is 45.0 Å². The highest BCUT2D eigenvalue weighted by atomic mass is 32.2. The molecule has 2 aromatic carbocycles. The highest BCUT2D eigenvalue weighted by Gasteiger charge is 2.15. The fourth-order valence-electron chi connectivity index (χ4n) is 3.11. The Morgan fingerprint density at radius 2 is 1.97 bits per heavy atom. The summed E-state index contributed by atoms with van der Waals surface area (Å²) in [5.41, 5.74) is 2.95. The summed E-state index contributed by atoms with van der Waals surface area (Å²) in [6.07, 6.45) is 1.26. The van der Waals surface area contributed by atoms with Gasteiger partial charge in [0.05, 0.1) is 23.0 Å². The quantitative estimate of drug-likeness (QED) is 0.278. The number of ether oxygens (including phenoxy) is 1. The molecule has 8 heteroatoms. The smallest absolute Gasteiger partial charge is 0.225 e. The van der Waals surface area contributed by atoms with Gasteiger partial charge in [0.15, 0.2) is 0 Å². The summed E-state index contributed by atoms with van der Waals surface area (Å²) in [7, 11) is 1.65. The van der Waals surface area contributed by atoms with Gasteiger partial charge in [0.1, 0.15) is 11.6 Å². The Balaban J connectivity index is 1.39. The summed E-state index contributed by atoms with van der Waals surface area (Å²) < 4.78 is 8.00. The molecular weight excluding hydrogens is 428 g/mol. The van der Waals surface area contributed by atoms with Gasteiger partial charge in [-0.25, -0.2) is 4.98 Å². The molecule has 0 spiro atoms. The minimum atomic E-state index is -0.0200. The summed E-state index contributed by atoms with van der Waals surface area (Å²) in [6.45, 7) is 3.98. The number of carbonyl (C=O) groups is 1. The van der Waals surface area contributed by atoms with Crippen molar-refractivity contribution in [2.24, 2.45) is 0 Å². The van der Waals surface area contributed by atoms with Crippen LogP contribution in [-0.4, -0.2) is 33.5 Å². The molecule has 1 N–H and O–H groups in total. The van der Waals surface area contributed by atoms with Crippen LogP contribution in [0.3, 0.4) is 0 Å². The molecule has 2 aromatic heterocycles. The predicted molar refractivity (Wildman–Crippen MR) is 128 cm³/mol. The van der Waals surface area contributed by atoms with Crippen LogP contribution in [0.25, 0.3) is 15.3 Å². The van der Waals surface area contributed by atoms with Gasteiger partial charge in [-0.15, -0.1) is 11.8 Å². The first-order chi connectivity index (χ1) is 15.0. The Morgan fingerprint density at radius 1 is 1.16 bits per heavy atom. The Morgan fingerprint density at radius 3 is 2.74 bits per heavy atom. The molecule has 0 bridgehead atoms. The molecule has 2 heterocycles. The van der Waals surface area contributed by atoms with Crippen molar-refractivity contribution in [1.82, 2.24) is 14.8 Å². The highest BCUT2D eigenvalue weighted by molar-refractivity contribution is 7.99. The van der Waals surface area contributed by atoms with E-state index in [1.807, 2.05) is 31.2 Å². The van der Waals surface area contributed by atoms with Crippen LogP contribution >= 0.6 is 23.1 Å². The molecule has 0 radical (unpaired) electrons. The Labute approximate surface area is 189 Å². The number of fused-ring (bicyclic) bond motifs is 1. The molecule has 6 nitrogen and oxygen atoms in total. The third-order valence-electron chi connectivity index (χ3n) is 4.70. The molecule has 0 fully saturated rings. The number of anilines is 1. The van der Waals surface area contributed by atoms with Crippen molar-refractivity contribution in [3.63, 3.8) is 0 Å². The molecule has 0 aliphatic carbocycles. The van der Waals surface area contributed by atoms with Gasteiger partial charge in [-0.1, -0.05) is 29.0 Å². The minimum absolute atomic E-state index is 0.0200. The predicted octanol–water partition coefficient (Wildman–Crippen LogP) is 5.62. The van der Waals surface area contributed by atoms with Crippen LogP contribution in [0.5, 0.6) is 5.75 Å². The zero-order valence-corrected chi connectivity index (χ0v) is 19.3. The van der Waals surface area contributed by atoms with E-state index in [0.717, 1.165) is 33.8 Å². The number of nitrogens with one attached hydrogen (secondary N) is 1. The Hall–Kier alpha value is -2.84. The largest absolute Gasteiger partial charge is 0.497 e. The van der Waals surface area contributed by atoms with Crippen LogP contribution in [0.1, 0.15) is 24.1 Å². The van der Waals surface area contributed by atoms with E-state index in [2.05, 4.69) is 46.6 Å². The summed E-state index contributed by atoms with van der Waals surface area (Å²) in [4.78, 5) is 18.4. The average Bonchev–Trinajstić information content (AvgIpc) is 3.34. The van der Waals surface area contributed by atoms with Gasteiger partial charge in [0.25, 0.3) is 0 Å². The van der Waals surface area contributed by atoms with Crippen LogP contribution < -0.4 is 10.1 Å². The lowest BCUT2D eigenvalue weighted by atomic mass is 10.2. The van der Waals surface area contributed by atoms with Gasteiger partial charge in [-0.05, 0) is 56.4 Å². The number of aromatic nitrogens is 3. The number of rotatable bonds is 8. The number of thiazole rings is 1. The summed E-state index contributed by atoms with van der Waals surface area (Å²) >= 11 is 3.28. The van der Waals surface area contributed by atoms with Crippen LogP contribution in [0.2, 0.25) is 0 Å². The van der Waals surface area contributed by atoms with Crippen molar-refractivity contribution < 1.29 is 9.53 Å². The number of nitrogens with zero attached hydrogens (tertiary/aromatic N) is 3. The molecule has 160 valence electrons. The number of methoxy groups -OCH3 is 1. The lowest BCUT2D eigenvalue weighted by molar-refractivity contribution is -0.116. The van der Waals surface area contributed by atoms with E-state index in [0.29, 0.717) is 17.4 Å². The van der Waals surface area contributed by atoms with Crippen molar-refractivity contribution in [1.29, 1.82) is 0 Å². The fourth-order valence-corrected chi connectivity index (χ4v) is 4.92. The summed E-state index contributed by atoms with van der Waals surface area (Å²) in [5, 5.41) is 8.24. The number of aryl methyl sites for hydroxylation is 2. The van der Waals surface area contributed by atoms with Crippen LogP contribution in [0.4, 0.5) is 5.82 Å². The van der Waals surface area contributed by atoms with E-state index in [-0.39, 0.29) is 5.91 Å². The molecule has 0 saturated carbocycles. The first kappa shape index (κ1) is 21.4. The van der Waals surface area contributed by atoms with Gasteiger partial charge in [0.2, 0.25) is 11.0 Å². The fraction of sp³-hybridized carbons (Fsp3) is 0.261. The standard InChI is InChI=1S/C23H24N4O2S2/c1-15-6-9-18(10-7-15)30-12-4-5-22(28)25-21-13-16(2)26-27(21)23-24-19-11-8-17(29-3)14-20(19)31-23/h6-11,13-14H,4-5,12H2,1-3H3,(H,25,28). The Kier molecular flexibility index (Phi) is 6.58. The number of carbonyl (C=O) groups excluding carboxylic acids is 1. The van der Waals surface area contributed by atoms with E-state index in [1.165, 1.54) is 21.8 Å². The normalized spacial score (nSPS) is 11.1. The zero-order valence-electron chi connectivity index (χ0n) is 17.7. The first-order valence-corrected chi connectivity index (χ1v) is 11.8. The van der Waals surface area contributed by atoms with Gasteiger partial charge in [-0.2, -0.15) is 9.78 Å². The number of amides is 1. The molecule has 0 unspecified atom stereocenters. The molecule has 0 saturated heterocycles. The van der Waals surface area contributed by atoms with Crippen molar-refractivity contribution in [3.8, 4) is 10.9 Å². The maximum absolute atomic E-state index is 12.5. The average molecular weight is 453 g/mol. The van der Waals surface area contributed by atoms with Gasteiger partial charge in [0, 0.05) is 17.4 Å². The van der Waals surface area contributed by atoms with Crippen LogP contribution in [0, 0.1) is 13.8 Å². The lowest BCUT2D eigenvalue weighted by Crippen LogP contribution is -2.14. The second-order valence-corrected chi connectivity index (χ2v) is 9.40. The van der Waals surface area contributed by atoms with Gasteiger partial charge in [-0.3, -0.25) is 4.79 Å². The lowest BCUT2D eigenvalue weighted by Gasteiger charge is -2.06. The van der Waals surface area contributed by atoms with Crippen LogP contribution in [0.15, 0.2) is 53.4 Å². The highest BCUT2D eigenvalue weighted by Crippen LogP contribution is 2.30. The van der Waals surface area contributed by atoms with E-state index in [9.17, 15) is 4.79 Å². The van der Waals surface area contributed by atoms with Crippen molar-refractivity contribution in [2.75, 3.05) is 18.2 Å². The number of hydrogen-bond donors (Lipinski definition) is 1. The van der Waals surface area contributed by atoms with E-state index in [4.69, 9.17) is 4.74 Å². The van der Waals surface area contributed by atoms with E-state index in [1.54, 1.807) is 23.6 Å². The molecule has 0 aliphatic heterocycles. The Bertz CT molecular complexity index is 1200. The van der Waals surface area contributed by atoms with Gasteiger partial charge >= 0.3 is 0 Å². The zero-order chi connectivity index (χ0) is 21.8. The second kappa shape index (κ2) is 9.53. The van der Waals surface area contributed by atoms with Crippen molar-refractivity contribution in [2.45, 2.75) is 31.6 Å². The summed E-state index contributed by atoms with van der Waals surface area (Å²) in [6, 6.07) is 16.1. The summed E-state index contributed by atoms with van der Waals surface area (Å²) in [5.74, 6) is 2.30. The number of hydrogen-bond acceptors (Lipinski definition) is 6. The molecule has 1 amide bonds. The molecule has 31 heavy (non-hydrogen) atoms. The van der Waals surface area contributed by atoms with E-state index >= 15 is 0 Å². The number of benzene rings is 2. The van der Waals surface area contributed by atoms with Gasteiger partial charge < -0.3 is 10.1 Å². The molecule has 0 atom stereocenters. The van der Waals surface area contributed by atoms with Crippen LogP contribution in [-0.2, 0) is 4.79 Å². The molecule has 4 rings (SSSR count). The number of thioether (sulfide) groups is 1. The topological polar surface area (TPSA) is 69.0 Å². The maximum atomic E-state index is 12.5. The maximum Gasteiger partial charge on any atom is 0.225 e. The second-order valence-electron chi connectivity index (χ2n) is 7.23. The third kappa shape index (κ3) is 5.26. The van der Waals surface area contributed by atoms with E-state index < -0.39 is 0 Å². The first-order valence-electron chi connectivity index (χ1n) is 10.0. The molecule has 0 aliphatic rings. The SMILES string of the molecule is COc1ccc2nc(-n3nc(C)cc3NC(=O)CCCSc3ccc(C)cc3)sc2c1. The monoisotopic (exact) mass is 452 g/mol.